The molecule has 2 rings (SSSR count). The van der Waals surface area contributed by atoms with Gasteiger partial charge in [0.15, 0.2) is 0 Å². The lowest BCUT2D eigenvalue weighted by atomic mass is 10.3. The highest BCUT2D eigenvalue weighted by molar-refractivity contribution is 5.48. The van der Waals surface area contributed by atoms with Crippen molar-refractivity contribution in [2.75, 3.05) is 27.3 Å². The Bertz CT molecular complexity index is 538. The van der Waals surface area contributed by atoms with E-state index < -0.39 is 6.10 Å². The second kappa shape index (κ2) is 6.14. The second-order valence-corrected chi connectivity index (χ2v) is 4.94. The molecule has 0 aromatic carbocycles. The number of fused-ring (bicyclic) bond motifs is 1. The van der Waals surface area contributed by atoms with E-state index in [1.807, 2.05) is 25.5 Å². The summed E-state index contributed by atoms with van der Waals surface area (Å²) in [5, 5.41) is 9.72. The van der Waals surface area contributed by atoms with E-state index in [2.05, 4.69) is 27.3 Å². The van der Waals surface area contributed by atoms with Crippen LogP contribution in [0.5, 0.6) is 0 Å². The van der Waals surface area contributed by atoms with Crippen LogP contribution in [0.4, 0.5) is 0 Å². The van der Waals surface area contributed by atoms with Gasteiger partial charge < -0.3 is 14.2 Å². The fourth-order valence-corrected chi connectivity index (χ4v) is 2.27. The van der Waals surface area contributed by atoms with E-state index in [0.717, 1.165) is 23.4 Å². The third-order valence-corrected chi connectivity index (χ3v) is 3.12. The minimum Gasteiger partial charge on any atom is -0.389 e. The van der Waals surface area contributed by atoms with Crippen molar-refractivity contribution in [2.45, 2.75) is 19.6 Å². The maximum Gasteiger partial charge on any atom is 0.139 e. The van der Waals surface area contributed by atoms with E-state index in [0.29, 0.717) is 13.2 Å². The van der Waals surface area contributed by atoms with Crippen LogP contribution in [0, 0.1) is 6.92 Å². The van der Waals surface area contributed by atoms with E-state index >= 15 is 0 Å². The standard InChI is InChI=1S/C14H21N3O2/c1-11-5-4-6-17-12(7-15-14(11)17)8-16(2)9-13(18)10-19-3/h4-7,13,18H,8-10H2,1-3H3. The molecule has 0 radical (unpaired) electrons. The molecule has 0 saturated heterocycles. The van der Waals surface area contributed by atoms with Crippen LogP contribution in [0.15, 0.2) is 24.5 Å². The average Bonchev–Trinajstić information content (AvgIpc) is 2.74. The van der Waals surface area contributed by atoms with Crippen LogP contribution in [0.25, 0.3) is 5.65 Å². The van der Waals surface area contributed by atoms with E-state index in [1.54, 1.807) is 7.11 Å². The Kier molecular flexibility index (Phi) is 4.52. The molecule has 1 N–H and O–H groups in total. The summed E-state index contributed by atoms with van der Waals surface area (Å²) < 4.78 is 7.02. The first-order valence-electron chi connectivity index (χ1n) is 6.39. The van der Waals surface area contributed by atoms with Gasteiger partial charge in [-0.05, 0) is 25.6 Å². The van der Waals surface area contributed by atoms with Gasteiger partial charge in [0.25, 0.3) is 0 Å². The summed E-state index contributed by atoms with van der Waals surface area (Å²) in [6.07, 6.45) is 3.45. The van der Waals surface area contributed by atoms with Crippen molar-refractivity contribution in [1.29, 1.82) is 0 Å². The zero-order valence-electron chi connectivity index (χ0n) is 11.7. The molecule has 0 bridgehead atoms. The number of ether oxygens (including phenoxy) is 1. The predicted molar refractivity (Wildman–Crippen MR) is 74.1 cm³/mol. The van der Waals surface area contributed by atoms with Crippen molar-refractivity contribution < 1.29 is 9.84 Å². The lowest BCUT2D eigenvalue weighted by Crippen LogP contribution is -2.31. The van der Waals surface area contributed by atoms with Crippen LogP contribution in [0.3, 0.4) is 0 Å². The SMILES string of the molecule is COCC(O)CN(C)Cc1cnc2c(C)cccn12. The number of aromatic nitrogens is 2. The van der Waals surface area contributed by atoms with E-state index in [4.69, 9.17) is 4.74 Å². The Morgan fingerprint density at radius 2 is 2.32 bits per heavy atom. The van der Waals surface area contributed by atoms with Gasteiger partial charge in [0.1, 0.15) is 5.65 Å². The Hall–Kier alpha value is -1.43. The van der Waals surface area contributed by atoms with Crippen molar-refractivity contribution in [2.24, 2.45) is 0 Å². The summed E-state index contributed by atoms with van der Waals surface area (Å²) in [7, 11) is 3.57. The molecule has 1 atom stereocenters. The third-order valence-electron chi connectivity index (χ3n) is 3.12. The molecule has 0 amide bonds. The number of hydrogen-bond acceptors (Lipinski definition) is 4. The molecule has 0 aliphatic rings. The molecule has 0 fully saturated rings. The third kappa shape index (κ3) is 3.32. The fourth-order valence-electron chi connectivity index (χ4n) is 2.27. The van der Waals surface area contributed by atoms with Crippen LogP contribution in [0.1, 0.15) is 11.3 Å². The Morgan fingerprint density at radius 3 is 3.05 bits per heavy atom. The van der Waals surface area contributed by atoms with Crippen LogP contribution < -0.4 is 0 Å². The topological polar surface area (TPSA) is 50.0 Å². The molecule has 19 heavy (non-hydrogen) atoms. The monoisotopic (exact) mass is 263 g/mol. The average molecular weight is 263 g/mol. The highest BCUT2D eigenvalue weighted by Gasteiger charge is 2.11. The molecule has 0 spiro atoms. The number of aliphatic hydroxyl groups is 1. The van der Waals surface area contributed by atoms with Gasteiger partial charge in [-0.25, -0.2) is 4.98 Å². The van der Waals surface area contributed by atoms with Crippen LogP contribution >= 0.6 is 0 Å². The van der Waals surface area contributed by atoms with Crippen molar-refractivity contribution in [3.8, 4) is 0 Å². The predicted octanol–water partition coefficient (Wildman–Crippen LogP) is 1.08. The number of imidazole rings is 1. The molecule has 5 heteroatoms. The van der Waals surface area contributed by atoms with Gasteiger partial charge in [0, 0.05) is 26.4 Å². The number of nitrogens with zero attached hydrogens (tertiary/aromatic N) is 3. The molecule has 104 valence electrons. The number of pyridine rings is 1. The van der Waals surface area contributed by atoms with Gasteiger partial charge in [-0.15, -0.1) is 0 Å². The minimum absolute atomic E-state index is 0.358. The molecule has 2 heterocycles. The smallest absolute Gasteiger partial charge is 0.139 e. The number of aryl methyl sites for hydroxylation is 1. The normalized spacial score (nSPS) is 13.3. The largest absolute Gasteiger partial charge is 0.389 e. The maximum atomic E-state index is 9.72. The highest BCUT2D eigenvalue weighted by Crippen LogP contribution is 2.12. The molecule has 2 aromatic heterocycles. The number of rotatable bonds is 6. The zero-order valence-corrected chi connectivity index (χ0v) is 11.7. The van der Waals surface area contributed by atoms with E-state index in [9.17, 15) is 5.11 Å². The van der Waals surface area contributed by atoms with Crippen LogP contribution in [0.2, 0.25) is 0 Å². The first kappa shape index (κ1) is 14.0. The van der Waals surface area contributed by atoms with E-state index in [1.165, 1.54) is 0 Å². The Morgan fingerprint density at radius 1 is 1.53 bits per heavy atom. The Labute approximate surface area is 113 Å². The summed E-state index contributed by atoms with van der Waals surface area (Å²) >= 11 is 0. The summed E-state index contributed by atoms with van der Waals surface area (Å²) in [6.45, 7) is 3.73. The summed E-state index contributed by atoms with van der Waals surface area (Å²) in [4.78, 5) is 6.50. The molecule has 0 aliphatic carbocycles. The fraction of sp³-hybridized carbons (Fsp3) is 0.500. The summed E-state index contributed by atoms with van der Waals surface area (Å²) in [6, 6.07) is 4.07. The summed E-state index contributed by atoms with van der Waals surface area (Å²) in [5.74, 6) is 0. The minimum atomic E-state index is -0.462. The molecular formula is C14H21N3O2. The van der Waals surface area contributed by atoms with Crippen molar-refractivity contribution in [3.63, 3.8) is 0 Å². The molecule has 5 nitrogen and oxygen atoms in total. The van der Waals surface area contributed by atoms with Gasteiger partial charge in [-0.1, -0.05) is 6.07 Å². The van der Waals surface area contributed by atoms with Gasteiger partial charge in [0.05, 0.1) is 24.6 Å². The molecule has 1 unspecified atom stereocenters. The number of aliphatic hydroxyl groups excluding tert-OH is 1. The van der Waals surface area contributed by atoms with Crippen LogP contribution in [-0.2, 0) is 11.3 Å². The van der Waals surface area contributed by atoms with Gasteiger partial charge in [0.2, 0.25) is 0 Å². The number of hydrogen-bond donors (Lipinski definition) is 1. The zero-order chi connectivity index (χ0) is 13.8. The van der Waals surface area contributed by atoms with E-state index in [-0.39, 0.29) is 0 Å². The first-order chi connectivity index (χ1) is 9.11. The quantitative estimate of drug-likeness (QED) is 0.847. The highest BCUT2D eigenvalue weighted by atomic mass is 16.5. The lowest BCUT2D eigenvalue weighted by Gasteiger charge is -2.19. The maximum absolute atomic E-state index is 9.72. The molecule has 0 saturated carbocycles. The molecule has 2 aromatic rings. The van der Waals surface area contributed by atoms with Crippen molar-refractivity contribution in [1.82, 2.24) is 14.3 Å². The van der Waals surface area contributed by atoms with Gasteiger partial charge in [-0.2, -0.15) is 0 Å². The summed E-state index contributed by atoms with van der Waals surface area (Å²) in [5.41, 5.74) is 3.27. The Balaban J connectivity index is 2.07. The number of likely N-dealkylation sites (N-methyl/N-ethyl adjacent to an activating group) is 1. The van der Waals surface area contributed by atoms with Crippen LogP contribution in [-0.4, -0.2) is 52.8 Å². The van der Waals surface area contributed by atoms with Crippen molar-refractivity contribution in [3.05, 3.63) is 35.8 Å². The van der Waals surface area contributed by atoms with Gasteiger partial charge in [-0.3, -0.25) is 4.90 Å². The van der Waals surface area contributed by atoms with Crippen molar-refractivity contribution >= 4 is 5.65 Å². The number of methoxy groups -OCH3 is 1. The van der Waals surface area contributed by atoms with Gasteiger partial charge >= 0.3 is 0 Å². The molecular weight excluding hydrogens is 242 g/mol. The first-order valence-corrected chi connectivity index (χ1v) is 6.39. The molecule has 0 aliphatic heterocycles. The lowest BCUT2D eigenvalue weighted by molar-refractivity contribution is 0.0416. The second-order valence-electron chi connectivity index (χ2n) is 4.94.